The summed E-state index contributed by atoms with van der Waals surface area (Å²) >= 11 is 6.63. The number of benzene rings is 2. The summed E-state index contributed by atoms with van der Waals surface area (Å²) in [5.74, 6) is -0.780. The van der Waals surface area contributed by atoms with E-state index in [0.29, 0.717) is 21.8 Å². The molecule has 0 radical (unpaired) electrons. The van der Waals surface area contributed by atoms with Gasteiger partial charge in [-0.15, -0.1) is 11.3 Å². The number of Topliss-reactive ketones (excluding diaryl/α,β-unsaturated/α-hetero) is 1. The number of carbonyl (C=O) groups is 1. The van der Waals surface area contributed by atoms with Gasteiger partial charge in [0.05, 0.1) is 9.90 Å². The molecule has 0 aliphatic heterocycles. The van der Waals surface area contributed by atoms with Crippen molar-refractivity contribution < 1.29 is 13.6 Å². The van der Waals surface area contributed by atoms with Gasteiger partial charge in [0.1, 0.15) is 11.6 Å². The van der Waals surface area contributed by atoms with Gasteiger partial charge in [-0.1, -0.05) is 11.6 Å². The highest BCUT2D eigenvalue weighted by Crippen LogP contribution is 2.31. The van der Waals surface area contributed by atoms with Crippen LogP contribution < -0.4 is 11.5 Å². The molecule has 1 aromatic heterocycles. The number of nitrogen functional groups attached to an aromatic ring is 2. The predicted octanol–water partition coefficient (Wildman–Crippen LogP) is 5.40. The van der Waals surface area contributed by atoms with E-state index in [4.69, 9.17) is 23.1 Å². The Morgan fingerprint density at radius 3 is 2.08 bits per heavy atom. The Bertz CT molecular complexity index is 912. The molecular formula is C18H15ClF2N2OS. The zero-order valence-corrected chi connectivity index (χ0v) is 14.8. The zero-order chi connectivity index (χ0) is 18.6. The summed E-state index contributed by atoms with van der Waals surface area (Å²) in [6, 6.07) is 11.9. The lowest BCUT2D eigenvalue weighted by Crippen LogP contribution is -1.88. The zero-order valence-electron chi connectivity index (χ0n) is 13.2. The summed E-state index contributed by atoms with van der Waals surface area (Å²) in [6.07, 6.45) is 0. The van der Waals surface area contributed by atoms with Crippen LogP contribution in [0.5, 0.6) is 0 Å². The summed E-state index contributed by atoms with van der Waals surface area (Å²) in [7, 11) is 0. The molecule has 2 aromatic carbocycles. The molecule has 0 aliphatic carbocycles. The molecule has 7 heteroatoms. The lowest BCUT2D eigenvalue weighted by molar-refractivity contribution is 0.102. The van der Waals surface area contributed by atoms with Crippen LogP contribution in [0, 0.1) is 11.6 Å². The highest BCUT2D eigenvalue weighted by Gasteiger charge is 2.10. The van der Waals surface area contributed by atoms with Crippen LogP contribution in [0.4, 0.5) is 20.2 Å². The number of hydrogen-bond donors (Lipinski definition) is 2. The van der Waals surface area contributed by atoms with Crippen LogP contribution >= 0.6 is 22.9 Å². The molecule has 3 rings (SSSR count). The Kier molecular flexibility index (Phi) is 6.12. The van der Waals surface area contributed by atoms with E-state index >= 15 is 0 Å². The second-order valence-corrected chi connectivity index (χ2v) is 6.62. The minimum atomic E-state index is -0.439. The molecule has 0 fully saturated rings. The monoisotopic (exact) mass is 380 g/mol. The second-order valence-electron chi connectivity index (χ2n) is 5.13. The van der Waals surface area contributed by atoms with Gasteiger partial charge in [0, 0.05) is 21.8 Å². The van der Waals surface area contributed by atoms with Crippen LogP contribution in [0.25, 0.3) is 10.4 Å². The molecule has 0 amide bonds. The standard InChI is InChI=1S/C12H10FNOS.C6H5ClFN/c1-7(15)11-4-5-12(16-11)9-6-8(14)2-3-10(9)13;7-5-3-4(9)1-2-6(5)8/h2-6H,14H2,1H3;1-3H,9H2. The van der Waals surface area contributed by atoms with Crippen LogP contribution in [0.3, 0.4) is 0 Å². The van der Waals surface area contributed by atoms with E-state index in [1.807, 2.05) is 0 Å². The maximum Gasteiger partial charge on any atom is 0.169 e. The van der Waals surface area contributed by atoms with Gasteiger partial charge in [0.25, 0.3) is 0 Å². The van der Waals surface area contributed by atoms with Gasteiger partial charge in [0.2, 0.25) is 0 Å². The number of halogens is 3. The lowest BCUT2D eigenvalue weighted by Gasteiger charge is -2.01. The van der Waals surface area contributed by atoms with Crippen molar-refractivity contribution in [3.05, 3.63) is 70.1 Å². The quantitative estimate of drug-likeness (QED) is 0.462. The predicted molar refractivity (Wildman–Crippen MR) is 100.0 cm³/mol. The van der Waals surface area contributed by atoms with E-state index in [1.54, 1.807) is 18.2 Å². The van der Waals surface area contributed by atoms with Gasteiger partial charge in [-0.05, 0) is 55.5 Å². The van der Waals surface area contributed by atoms with Gasteiger partial charge < -0.3 is 11.5 Å². The average molecular weight is 381 g/mol. The minimum Gasteiger partial charge on any atom is -0.399 e. The Morgan fingerprint density at radius 2 is 1.56 bits per heavy atom. The van der Waals surface area contributed by atoms with Crippen molar-refractivity contribution >= 4 is 40.1 Å². The highest BCUT2D eigenvalue weighted by atomic mass is 35.5. The third-order valence-electron chi connectivity index (χ3n) is 3.15. The third kappa shape index (κ3) is 5.01. The fourth-order valence-corrected chi connectivity index (χ4v) is 3.02. The molecule has 0 saturated carbocycles. The van der Waals surface area contributed by atoms with Crippen molar-refractivity contribution in [3.63, 3.8) is 0 Å². The molecule has 25 heavy (non-hydrogen) atoms. The SMILES string of the molecule is CC(=O)c1ccc(-c2cc(N)ccc2F)s1.Nc1ccc(F)c(Cl)c1. The fourth-order valence-electron chi connectivity index (χ4n) is 1.92. The fraction of sp³-hybridized carbons (Fsp3) is 0.0556. The summed E-state index contributed by atoms with van der Waals surface area (Å²) in [5.41, 5.74) is 12.3. The number of hydrogen-bond acceptors (Lipinski definition) is 4. The maximum atomic E-state index is 13.5. The van der Waals surface area contributed by atoms with E-state index in [-0.39, 0.29) is 16.6 Å². The van der Waals surface area contributed by atoms with Crippen LogP contribution in [0.2, 0.25) is 5.02 Å². The van der Waals surface area contributed by atoms with Gasteiger partial charge >= 0.3 is 0 Å². The first-order chi connectivity index (χ1) is 11.8. The lowest BCUT2D eigenvalue weighted by atomic mass is 10.1. The molecule has 0 atom stereocenters. The number of nitrogens with two attached hydrogens (primary N) is 2. The number of ketones is 1. The molecule has 0 aliphatic rings. The topological polar surface area (TPSA) is 69.1 Å². The second kappa shape index (κ2) is 8.09. The van der Waals surface area contributed by atoms with Crippen LogP contribution in [-0.4, -0.2) is 5.78 Å². The molecule has 0 unspecified atom stereocenters. The van der Waals surface area contributed by atoms with Crippen molar-refractivity contribution in [1.29, 1.82) is 0 Å². The smallest absolute Gasteiger partial charge is 0.169 e. The van der Waals surface area contributed by atoms with Gasteiger partial charge in [-0.2, -0.15) is 0 Å². The summed E-state index contributed by atoms with van der Waals surface area (Å²) in [4.78, 5) is 12.5. The Hall–Kier alpha value is -2.44. The number of carbonyl (C=O) groups excluding carboxylic acids is 1. The van der Waals surface area contributed by atoms with Gasteiger partial charge in [0.15, 0.2) is 5.78 Å². The summed E-state index contributed by atoms with van der Waals surface area (Å²) in [6.45, 7) is 1.49. The molecule has 3 nitrogen and oxygen atoms in total. The molecule has 1 heterocycles. The summed E-state index contributed by atoms with van der Waals surface area (Å²) in [5, 5.41) is 0.0648. The minimum absolute atomic E-state index is 0.0134. The summed E-state index contributed by atoms with van der Waals surface area (Å²) < 4.78 is 25.8. The van der Waals surface area contributed by atoms with E-state index in [9.17, 15) is 13.6 Å². The Balaban J connectivity index is 0.000000212. The van der Waals surface area contributed by atoms with E-state index in [2.05, 4.69) is 0 Å². The van der Waals surface area contributed by atoms with Crippen LogP contribution in [0.15, 0.2) is 48.5 Å². The van der Waals surface area contributed by atoms with Gasteiger partial charge in [-0.3, -0.25) is 4.79 Å². The first kappa shape index (κ1) is 18.9. The highest BCUT2D eigenvalue weighted by molar-refractivity contribution is 7.17. The first-order valence-electron chi connectivity index (χ1n) is 7.14. The average Bonchev–Trinajstić information content (AvgIpc) is 3.04. The first-order valence-corrected chi connectivity index (χ1v) is 8.34. The number of anilines is 2. The van der Waals surface area contributed by atoms with Crippen molar-refractivity contribution in [3.8, 4) is 10.4 Å². The number of thiophene rings is 1. The van der Waals surface area contributed by atoms with Crippen molar-refractivity contribution in [1.82, 2.24) is 0 Å². The molecule has 4 N–H and O–H groups in total. The molecular weight excluding hydrogens is 366 g/mol. The molecule has 0 spiro atoms. The van der Waals surface area contributed by atoms with Crippen LogP contribution in [0.1, 0.15) is 16.6 Å². The third-order valence-corrected chi connectivity index (χ3v) is 4.66. The van der Waals surface area contributed by atoms with Crippen molar-refractivity contribution in [2.75, 3.05) is 11.5 Å². The molecule has 0 bridgehead atoms. The molecule has 3 aromatic rings. The van der Waals surface area contributed by atoms with E-state index in [0.717, 1.165) is 4.88 Å². The van der Waals surface area contributed by atoms with E-state index in [1.165, 1.54) is 48.6 Å². The molecule has 130 valence electrons. The van der Waals surface area contributed by atoms with Crippen molar-refractivity contribution in [2.24, 2.45) is 0 Å². The Labute approximate surface area is 152 Å². The van der Waals surface area contributed by atoms with Gasteiger partial charge in [-0.25, -0.2) is 8.78 Å². The maximum absolute atomic E-state index is 13.5. The largest absolute Gasteiger partial charge is 0.399 e. The molecule has 0 saturated heterocycles. The Morgan fingerprint density at radius 1 is 0.960 bits per heavy atom. The normalized spacial score (nSPS) is 10.1. The van der Waals surface area contributed by atoms with Crippen LogP contribution in [-0.2, 0) is 0 Å². The van der Waals surface area contributed by atoms with Crippen molar-refractivity contribution in [2.45, 2.75) is 6.92 Å². The number of rotatable bonds is 2. The van der Waals surface area contributed by atoms with E-state index < -0.39 is 5.82 Å².